The van der Waals surface area contributed by atoms with E-state index in [-0.39, 0.29) is 5.91 Å². The quantitative estimate of drug-likeness (QED) is 0.673. The number of H-pyrrole nitrogens is 1. The molecule has 104 valence electrons. The first kappa shape index (κ1) is 13.7. The molecule has 2 N–H and O–H groups in total. The number of nitrogens with zero attached hydrogens (tertiary/aromatic N) is 3. The van der Waals surface area contributed by atoms with Crippen molar-refractivity contribution in [3.63, 3.8) is 0 Å². The molecular weight excluding hydrogens is 381 g/mol. The number of aromatic nitrogens is 4. The van der Waals surface area contributed by atoms with Crippen LogP contribution in [0.15, 0.2) is 48.5 Å². The van der Waals surface area contributed by atoms with Crippen LogP contribution >= 0.6 is 22.6 Å². The molecule has 0 radical (unpaired) electrons. The first-order chi connectivity index (χ1) is 10.2. The van der Waals surface area contributed by atoms with Crippen LogP contribution in [0.1, 0.15) is 10.4 Å². The van der Waals surface area contributed by atoms with Crippen LogP contribution in [0.4, 0.5) is 5.69 Å². The second kappa shape index (κ2) is 6.00. The Labute approximate surface area is 134 Å². The lowest BCUT2D eigenvalue weighted by atomic mass is 10.1. The van der Waals surface area contributed by atoms with Gasteiger partial charge in [-0.05, 0) is 52.1 Å². The third-order valence-corrected chi connectivity index (χ3v) is 3.81. The number of nitrogens with one attached hydrogen (secondary N) is 2. The molecule has 3 rings (SSSR count). The number of benzene rings is 2. The van der Waals surface area contributed by atoms with E-state index in [4.69, 9.17) is 0 Å². The summed E-state index contributed by atoms with van der Waals surface area (Å²) in [5.74, 6) is 0.346. The summed E-state index contributed by atoms with van der Waals surface area (Å²) in [7, 11) is 0. The zero-order chi connectivity index (χ0) is 14.7. The molecule has 0 aliphatic heterocycles. The minimum Gasteiger partial charge on any atom is -0.321 e. The molecule has 0 unspecified atom stereocenters. The summed E-state index contributed by atoms with van der Waals surface area (Å²) in [6.45, 7) is 0. The van der Waals surface area contributed by atoms with Crippen molar-refractivity contribution in [2.24, 2.45) is 0 Å². The number of para-hydroxylation sites is 1. The van der Waals surface area contributed by atoms with Crippen molar-refractivity contribution in [3.05, 3.63) is 57.7 Å². The van der Waals surface area contributed by atoms with Crippen molar-refractivity contribution in [3.8, 4) is 11.4 Å². The second-order valence-electron chi connectivity index (χ2n) is 4.25. The van der Waals surface area contributed by atoms with Gasteiger partial charge in [0, 0.05) is 14.7 Å². The average Bonchev–Trinajstić information content (AvgIpc) is 3.04. The Hall–Kier alpha value is -2.29. The van der Waals surface area contributed by atoms with E-state index < -0.39 is 0 Å². The highest BCUT2D eigenvalue weighted by atomic mass is 127. The molecule has 0 atom stereocenters. The van der Waals surface area contributed by atoms with Gasteiger partial charge in [0.15, 0.2) is 0 Å². The normalized spacial score (nSPS) is 10.3. The summed E-state index contributed by atoms with van der Waals surface area (Å²) in [4.78, 5) is 12.2. The van der Waals surface area contributed by atoms with E-state index in [1.165, 1.54) is 0 Å². The van der Waals surface area contributed by atoms with Gasteiger partial charge in [-0.3, -0.25) is 4.79 Å². The summed E-state index contributed by atoms with van der Waals surface area (Å²) in [6, 6.07) is 14.7. The van der Waals surface area contributed by atoms with Crippen LogP contribution in [0, 0.1) is 3.57 Å². The number of carbonyl (C=O) groups is 1. The second-order valence-corrected chi connectivity index (χ2v) is 5.41. The van der Waals surface area contributed by atoms with E-state index >= 15 is 0 Å². The Morgan fingerprint density at radius 1 is 1.10 bits per heavy atom. The first-order valence-electron chi connectivity index (χ1n) is 6.14. The molecule has 0 aliphatic rings. The number of tetrazole rings is 1. The van der Waals surface area contributed by atoms with Crippen molar-refractivity contribution in [2.75, 3.05) is 5.32 Å². The fourth-order valence-electron chi connectivity index (χ4n) is 1.81. The molecule has 2 aromatic carbocycles. The zero-order valence-corrected chi connectivity index (χ0v) is 12.9. The van der Waals surface area contributed by atoms with Gasteiger partial charge in [0.05, 0.1) is 5.69 Å². The molecule has 3 aromatic rings. The van der Waals surface area contributed by atoms with Crippen LogP contribution in [0.3, 0.4) is 0 Å². The van der Waals surface area contributed by atoms with Crippen LogP contribution in [0.5, 0.6) is 0 Å². The highest BCUT2D eigenvalue weighted by molar-refractivity contribution is 14.1. The van der Waals surface area contributed by atoms with E-state index in [0.29, 0.717) is 11.4 Å². The maximum atomic E-state index is 12.2. The van der Waals surface area contributed by atoms with Gasteiger partial charge >= 0.3 is 0 Å². The van der Waals surface area contributed by atoms with E-state index in [9.17, 15) is 4.79 Å². The molecule has 21 heavy (non-hydrogen) atoms. The Morgan fingerprint density at radius 2 is 1.86 bits per heavy atom. The number of carbonyl (C=O) groups excluding carboxylic acids is 1. The average molecular weight is 391 g/mol. The number of anilines is 1. The third kappa shape index (κ3) is 3.07. The van der Waals surface area contributed by atoms with Crippen LogP contribution in [0.25, 0.3) is 11.4 Å². The van der Waals surface area contributed by atoms with Crippen molar-refractivity contribution in [1.29, 1.82) is 0 Å². The molecule has 1 amide bonds. The lowest BCUT2D eigenvalue weighted by Gasteiger charge is -2.07. The van der Waals surface area contributed by atoms with Gasteiger partial charge in [0.25, 0.3) is 5.91 Å². The summed E-state index contributed by atoms with van der Waals surface area (Å²) in [5.41, 5.74) is 2.17. The summed E-state index contributed by atoms with van der Waals surface area (Å²) in [6.07, 6.45) is 0. The fourth-order valence-corrected chi connectivity index (χ4v) is 2.33. The monoisotopic (exact) mass is 391 g/mol. The topological polar surface area (TPSA) is 83.6 Å². The minimum absolute atomic E-state index is 0.154. The molecule has 0 fully saturated rings. The Bertz CT molecular complexity index is 755. The van der Waals surface area contributed by atoms with Crippen molar-refractivity contribution in [2.45, 2.75) is 0 Å². The molecule has 7 heteroatoms. The van der Waals surface area contributed by atoms with Crippen molar-refractivity contribution in [1.82, 2.24) is 20.6 Å². The van der Waals surface area contributed by atoms with E-state index in [1.54, 1.807) is 24.3 Å². The predicted molar refractivity (Wildman–Crippen MR) is 86.7 cm³/mol. The highest BCUT2D eigenvalue weighted by Crippen LogP contribution is 2.19. The molecule has 0 aliphatic carbocycles. The summed E-state index contributed by atoms with van der Waals surface area (Å²) in [5, 5.41) is 16.6. The Kier molecular flexibility index (Phi) is 3.91. The minimum atomic E-state index is -0.154. The molecule has 0 saturated carbocycles. The van der Waals surface area contributed by atoms with E-state index in [0.717, 1.165) is 14.8 Å². The van der Waals surface area contributed by atoms with Gasteiger partial charge in [-0.25, -0.2) is 0 Å². The maximum Gasteiger partial charge on any atom is 0.255 e. The molecule has 1 aromatic heterocycles. The Balaban J connectivity index is 1.78. The smallest absolute Gasteiger partial charge is 0.255 e. The number of hydrogen-bond acceptors (Lipinski definition) is 4. The standard InChI is InChI=1S/C14H10IN5O/c15-11-3-1-2-4-12(11)16-14(21)10-7-5-9(6-8-10)13-17-19-20-18-13/h1-8H,(H,16,21)(H,17,18,19,20). The Morgan fingerprint density at radius 3 is 2.52 bits per heavy atom. The van der Waals surface area contributed by atoms with Crippen LogP contribution in [-0.4, -0.2) is 26.5 Å². The van der Waals surface area contributed by atoms with Gasteiger partial charge in [-0.2, -0.15) is 5.21 Å². The largest absolute Gasteiger partial charge is 0.321 e. The van der Waals surface area contributed by atoms with Crippen LogP contribution in [0.2, 0.25) is 0 Å². The summed E-state index contributed by atoms with van der Waals surface area (Å²) < 4.78 is 0.992. The first-order valence-corrected chi connectivity index (χ1v) is 7.22. The molecule has 6 nitrogen and oxygen atoms in total. The van der Waals surface area contributed by atoms with Crippen molar-refractivity contribution >= 4 is 34.2 Å². The van der Waals surface area contributed by atoms with Gasteiger partial charge in [-0.1, -0.05) is 24.3 Å². The molecule has 1 heterocycles. The van der Waals surface area contributed by atoms with E-state index in [1.807, 2.05) is 24.3 Å². The van der Waals surface area contributed by atoms with Crippen LogP contribution < -0.4 is 5.32 Å². The SMILES string of the molecule is O=C(Nc1ccccc1I)c1ccc(-c2nn[nH]n2)cc1. The highest BCUT2D eigenvalue weighted by Gasteiger charge is 2.09. The number of halogens is 1. The van der Waals surface area contributed by atoms with E-state index in [2.05, 4.69) is 48.5 Å². The van der Waals surface area contributed by atoms with Gasteiger partial charge in [-0.15, -0.1) is 10.2 Å². The predicted octanol–water partition coefficient (Wildman–Crippen LogP) is 2.72. The number of aromatic amines is 1. The number of rotatable bonds is 3. The van der Waals surface area contributed by atoms with Crippen LogP contribution in [-0.2, 0) is 0 Å². The third-order valence-electron chi connectivity index (χ3n) is 2.87. The van der Waals surface area contributed by atoms with Gasteiger partial charge in [0.1, 0.15) is 0 Å². The molecule has 0 saturated heterocycles. The fraction of sp³-hybridized carbons (Fsp3) is 0. The number of hydrogen-bond donors (Lipinski definition) is 2. The van der Waals surface area contributed by atoms with Crippen molar-refractivity contribution < 1.29 is 4.79 Å². The molecule has 0 spiro atoms. The molecule has 0 bridgehead atoms. The lowest BCUT2D eigenvalue weighted by molar-refractivity contribution is 0.102. The maximum absolute atomic E-state index is 12.2. The van der Waals surface area contributed by atoms with Gasteiger partial charge < -0.3 is 5.32 Å². The summed E-state index contributed by atoms with van der Waals surface area (Å²) >= 11 is 2.18. The molecular formula is C14H10IN5O. The lowest BCUT2D eigenvalue weighted by Crippen LogP contribution is -2.12. The van der Waals surface area contributed by atoms with Gasteiger partial charge in [0.2, 0.25) is 5.82 Å². The zero-order valence-electron chi connectivity index (χ0n) is 10.7. The number of amides is 1.